The highest BCUT2D eigenvalue weighted by Gasteiger charge is 2.01. The molecule has 6 heteroatoms. The molecule has 1 aromatic carbocycles. The quantitative estimate of drug-likeness (QED) is 0.910. The van der Waals surface area contributed by atoms with Gasteiger partial charge in [-0.1, -0.05) is 35.1 Å². The van der Waals surface area contributed by atoms with E-state index in [1.807, 2.05) is 24.3 Å². The summed E-state index contributed by atoms with van der Waals surface area (Å²) in [4.78, 5) is 0.428. The van der Waals surface area contributed by atoms with Gasteiger partial charge >= 0.3 is 0 Å². The van der Waals surface area contributed by atoms with Gasteiger partial charge in [0.1, 0.15) is 0 Å². The van der Waals surface area contributed by atoms with Crippen LogP contribution in [-0.4, -0.2) is 9.78 Å². The van der Waals surface area contributed by atoms with Crippen molar-refractivity contribution in [2.45, 2.75) is 6.54 Å². The van der Waals surface area contributed by atoms with E-state index in [0.717, 1.165) is 9.48 Å². The van der Waals surface area contributed by atoms with E-state index in [4.69, 9.17) is 17.0 Å². The minimum absolute atomic E-state index is 0.428. The molecule has 0 aliphatic carbocycles. The first kappa shape index (κ1) is 10.9. The number of halogens is 2. The van der Waals surface area contributed by atoms with E-state index >= 15 is 0 Å². The number of nitrogens with one attached hydrogen (secondary N) is 1. The van der Waals surface area contributed by atoms with E-state index < -0.39 is 0 Å². The molecule has 1 N–H and O–H groups in total. The van der Waals surface area contributed by atoms with Crippen LogP contribution >= 0.6 is 38.9 Å². The minimum Gasteiger partial charge on any atom is -0.274 e. The van der Waals surface area contributed by atoms with Gasteiger partial charge in [-0.25, -0.2) is 4.68 Å². The lowest BCUT2D eigenvalue weighted by molar-refractivity contribution is 0.644. The van der Waals surface area contributed by atoms with Crippen LogP contribution in [0.25, 0.3) is 0 Å². The molecule has 0 unspecified atom stereocenters. The number of benzene rings is 1. The Labute approximate surface area is 104 Å². The second kappa shape index (κ2) is 4.47. The summed E-state index contributed by atoms with van der Waals surface area (Å²) < 4.78 is 2.36. The van der Waals surface area contributed by atoms with Crippen molar-refractivity contribution in [3.8, 4) is 0 Å². The zero-order valence-corrected chi connectivity index (χ0v) is 10.7. The second-order valence-corrected chi connectivity index (χ2v) is 5.63. The lowest BCUT2D eigenvalue weighted by Crippen LogP contribution is -2.15. The largest absolute Gasteiger partial charge is 0.274 e. The first-order valence-electron chi connectivity index (χ1n) is 4.17. The Morgan fingerprint density at radius 2 is 2.07 bits per heavy atom. The van der Waals surface area contributed by atoms with Gasteiger partial charge in [-0.15, -0.1) is 0 Å². The Kier molecular flexibility index (Phi) is 3.23. The third-order valence-electron chi connectivity index (χ3n) is 1.86. The molecule has 0 saturated carbocycles. The molecule has 2 rings (SSSR count). The van der Waals surface area contributed by atoms with Crippen LogP contribution in [0.15, 0.2) is 28.2 Å². The standard InChI is InChI=1S/C9H7BrClN3S/c10-8-13-14(9(12)15-8)5-6-1-3-7(11)4-2-6/h1-4,12H,5H2. The highest BCUT2D eigenvalue weighted by molar-refractivity contribution is 9.11. The van der Waals surface area contributed by atoms with Crippen molar-refractivity contribution in [3.05, 3.63) is 43.6 Å². The zero-order valence-electron chi connectivity index (χ0n) is 7.58. The van der Waals surface area contributed by atoms with E-state index in [1.54, 1.807) is 4.68 Å². The molecule has 0 bridgehead atoms. The van der Waals surface area contributed by atoms with Gasteiger partial charge in [-0.3, -0.25) is 5.41 Å². The summed E-state index contributed by atoms with van der Waals surface area (Å²) in [6, 6.07) is 7.54. The maximum Gasteiger partial charge on any atom is 0.201 e. The fourth-order valence-electron chi connectivity index (χ4n) is 1.16. The van der Waals surface area contributed by atoms with Crippen molar-refractivity contribution in [2.24, 2.45) is 0 Å². The second-order valence-electron chi connectivity index (χ2n) is 2.94. The van der Waals surface area contributed by atoms with Crippen LogP contribution in [0.3, 0.4) is 0 Å². The molecule has 1 heterocycles. The van der Waals surface area contributed by atoms with E-state index in [1.165, 1.54) is 11.3 Å². The van der Waals surface area contributed by atoms with Gasteiger partial charge in [0.05, 0.1) is 6.54 Å². The van der Waals surface area contributed by atoms with E-state index in [9.17, 15) is 0 Å². The molecule has 2 aromatic rings. The Bertz CT molecular complexity index is 517. The van der Waals surface area contributed by atoms with Gasteiger partial charge in [0.25, 0.3) is 0 Å². The van der Waals surface area contributed by atoms with Crippen molar-refractivity contribution in [3.63, 3.8) is 0 Å². The summed E-state index contributed by atoms with van der Waals surface area (Å²) >= 11 is 10.3. The molecule has 15 heavy (non-hydrogen) atoms. The van der Waals surface area contributed by atoms with Crippen LogP contribution in [0.4, 0.5) is 0 Å². The van der Waals surface area contributed by atoms with Crippen LogP contribution < -0.4 is 4.80 Å². The summed E-state index contributed by atoms with van der Waals surface area (Å²) in [5.41, 5.74) is 1.08. The molecular weight excluding hydrogens is 298 g/mol. The highest BCUT2D eigenvalue weighted by Crippen LogP contribution is 2.11. The van der Waals surface area contributed by atoms with Gasteiger partial charge in [0.15, 0.2) is 3.92 Å². The fraction of sp³-hybridized carbons (Fsp3) is 0.111. The monoisotopic (exact) mass is 303 g/mol. The first-order chi connectivity index (χ1) is 7.15. The molecule has 78 valence electrons. The molecule has 0 fully saturated rings. The number of hydrogen-bond acceptors (Lipinski definition) is 3. The summed E-state index contributed by atoms with van der Waals surface area (Å²) in [6.07, 6.45) is 0. The number of rotatable bonds is 2. The van der Waals surface area contributed by atoms with Gasteiger partial charge in [0, 0.05) is 5.02 Å². The van der Waals surface area contributed by atoms with Crippen LogP contribution in [0.1, 0.15) is 5.56 Å². The molecule has 0 saturated heterocycles. The van der Waals surface area contributed by atoms with Crippen LogP contribution in [0, 0.1) is 5.41 Å². The number of nitrogens with zero attached hydrogens (tertiary/aromatic N) is 2. The Hall–Kier alpha value is -0.650. The van der Waals surface area contributed by atoms with Gasteiger partial charge in [-0.2, -0.15) is 5.10 Å². The van der Waals surface area contributed by atoms with Crippen molar-refractivity contribution in [2.75, 3.05) is 0 Å². The average molecular weight is 305 g/mol. The molecule has 3 nitrogen and oxygen atoms in total. The lowest BCUT2D eigenvalue weighted by Gasteiger charge is -2.00. The predicted octanol–water partition coefficient (Wildman–Crippen LogP) is 2.89. The summed E-state index contributed by atoms with van der Waals surface area (Å²) in [5, 5.41) is 12.5. The normalized spacial score (nSPS) is 10.5. The van der Waals surface area contributed by atoms with Gasteiger partial charge in [-0.05, 0) is 33.6 Å². The molecule has 0 aliphatic rings. The first-order valence-corrected chi connectivity index (χ1v) is 6.16. The average Bonchev–Trinajstić information content (AvgIpc) is 2.49. The van der Waals surface area contributed by atoms with Crippen molar-refractivity contribution in [1.29, 1.82) is 5.41 Å². The van der Waals surface area contributed by atoms with Crippen molar-refractivity contribution >= 4 is 38.9 Å². The molecule has 0 radical (unpaired) electrons. The Morgan fingerprint density at radius 3 is 2.60 bits per heavy atom. The third-order valence-corrected chi connectivity index (χ3v) is 3.41. The van der Waals surface area contributed by atoms with Gasteiger partial charge < -0.3 is 0 Å². The van der Waals surface area contributed by atoms with E-state index in [0.29, 0.717) is 16.4 Å². The zero-order chi connectivity index (χ0) is 10.8. The fourth-order valence-corrected chi connectivity index (χ4v) is 2.45. The van der Waals surface area contributed by atoms with Crippen LogP contribution in [0.2, 0.25) is 5.02 Å². The van der Waals surface area contributed by atoms with E-state index in [-0.39, 0.29) is 0 Å². The van der Waals surface area contributed by atoms with E-state index in [2.05, 4.69) is 21.0 Å². The van der Waals surface area contributed by atoms with Crippen LogP contribution in [0.5, 0.6) is 0 Å². The van der Waals surface area contributed by atoms with Gasteiger partial charge in [0.2, 0.25) is 4.80 Å². The predicted molar refractivity (Wildman–Crippen MR) is 64.2 cm³/mol. The number of hydrogen-bond donors (Lipinski definition) is 1. The maximum atomic E-state index is 7.65. The molecule has 0 atom stereocenters. The molecule has 0 spiro atoms. The summed E-state index contributed by atoms with van der Waals surface area (Å²) in [5.74, 6) is 0. The highest BCUT2D eigenvalue weighted by atomic mass is 79.9. The molecular formula is C9H7BrClN3S. The topological polar surface area (TPSA) is 41.7 Å². The van der Waals surface area contributed by atoms with Crippen LogP contribution in [-0.2, 0) is 6.54 Å². The smallest absolute Gasteiger partial charge is 0.201 e. The Balaban J connectivity index is 2.25. The lowest BCUT2D eigenvalue weighted by atomic mass is 10.2. The number of aromatic nitrogens is 2. The third kappa shape index (κ3) is 2.68. The SMILES string of the molecule is N=c1sc(Br)nn1Cc1ccc(Cl)cc1. The molecule has 0 amide bonds. The van der Waals surface area contributed by atoms with Crippen molar-refractivity contribution < 1.29 is 0 Å². The Morgan fingerprint density at radius 1 is 1.40 bits per heavy atom. The molecule has 0 aliphatic heterocycles. The maximum absolute atomic E-state index is 7.65. The summed E-state index contributed by atoms with van der Waals surface area (Å²) in [7, 11) is 0. The summed E-state index contributed by atoms with van der Waals surface area (Å²) in [6.45, 7) is 0.595. The molecule has 1 aromatic heterocycles. The van der Waals surface area contributed by atoms with Crippen molar-refractivity contribution in [1.82, 2.24) is 9.78 Å². The minimum atomic E-state index is 0.428.